The highest BCUT2D eigenvalue weighted by Crippen LogP contribution is 2.26. The first kappa shape index (κ1) is 18.0. The first-order valence-corrected chi connectivity index (χ1v) is 8.71. The number of halogens is 2. The second-order valence-electron chi connectivity index (χ2n) is 5.59. The molecule has 1 amide bonds. The highest BCUT2D eigenvalue weighted by atomic mass is 35.5. The number of aromatic nitrogens is 8. The van der Waals surface area contributed by atoms with Crippen molar-refractivity contribution in [3.8, 4) is 17.1 Å². The van der Waals surface area contributed by atoms with Crippen LogP contribution >= 0.6 is 23.2 Å². The number of tetrazole rings is 2. The number of rotatable bonds is 5. The van der Waals surface area contributed by atoms with E-state index in [0.717, 1.165) is 0 Å². The minimum atomic E-state index is -0.339. The number of carbonyl (C=O) groups excluding carboxylic acids is 1. The van der Waals surface area contributed by atoms with E-state index in [1.54, 1.807) is 42.5 Å². The smallest absolute Gasteiger partial charge is 0.248 e. The number of para-hydroxylation sites is 1. The summed E-state index contributed by atoms with van der Waals surface area (Å²) >= 11 is 12.1. The van der Waals surface area contributed by atoms with Gasteiger partial charge < -0.3 is 5.32 Å². The van der Waals surface area contributed by atoms with E-state index in [-0.39, 0.29) is 12.5 Å². The topological polar surface area (TPSA) is 116 Å². The summed E-state index contributed by atoms with van der Waals surface area (Å²) in [7, 11) is 0. The number of benzene rings is 2. The second-order valence-corrected chi connectivity index (χ2v) is 6.43. The van der Waals surface area contributed by atoms with Crippen LogP contribution in [0.15, 0.2) is 48.8 Å². The third kappa shape index (κ3) is 3.82. The molecular formula is C16H11Cl2N9O. The van der Waals surface area contributed by atoms with Crippen LogP contribution in [0.1, 0.15) is 0 Å². The van der Waals surface area contributed by atoms with Crippen molar-refractivity contribution in [1.82, 2.24) is 40.4 Å². The average Bonchev–Trinajstić information content (AvgIpc) is 3.36. The summed E-state index contributed by atoms with van der Waals surface area (Å²) in [6.07, 6.45) is 1.43. The van der Waals surface area contributed by atoms with Crippen LogP contribution in [-0.2, 0) is 11.3 Å². The minimum absolute atomic E-state index is 0.133. The molecule has 0 spiro atoms. The fourth-order valence-electron chi connectivity index (χ4n) is 2.45. The predicted octanol–water partition coefficient (Wildman–Crippen LogP) is 2.26. The number of anilines is 1. The molecule has 0 aliphatic heterocycles. The van der Waals surface area contributed by atoms with Crippen molar-refractivity contribution in [2.45, 2.75) is 6.54 Å². The van der Waals surface area contributed by atoms with Gasteiger partial charge in [0.1, 0.15) is 12.9 Å². The van der Waals surface area contributed by atoms with Gasteiger partial charge in [-0.1, -0.05) is 35.3 Å². The minimum Gasteiger partial charge on any atom is -0.323 e. The van der Waals surface area contributed by atoms with Gasteiger partial charge in [-0.25, -0.2) is 0 Å². The van der Waals surface area contributed by atoms with Crippen LogP contribution in [0.2, 0.25) is 10.0 Å². The first-order chi connectivity index (χ1) is 13.6. The van der Waals surface area contributed by atoms with Crippen LogP contribution in [0.25, 0.3) is 17.1 Å². The average molecular weight is 416 g/mol. The highest BCUT2D eigenvalue weighted by Gasteiger charge is 2.15. The maximum Gasteiger partial charge on any atom is 0.248 e. The fourth-order valence-corrected chi connectivity index (χ4v) is 2.80. The molecule has 12 heteroatoms. The molecule has 4 aromatic rings. The lowest BCUT2D eigenvalue weighted by molar-refractivity contribution is -0.117. The Hall–Kier alpha value is -3.37. The SMILES string of the molecule is O=C(Cn1nnc(-c2ccc(Cl)cc2-n2cnnn2)n1)Nc1ccccc1Cl. The molecule has 0 saturated heterocycles. The Morgan fingerprint density at radius 2 is 1.96 bits per heavy atom. The quantitative estimate of drug-likeness (QED) is 0.531. The van der Waals surface area contributed by atoms with Gasteiger partial charge in [-0.05, 0) is 46.0 Å². The Bertz CT molecular complexity index is 1130. The van der Waals surface area contributed by atoms with Crippen LogP contribution in [0.5, 0.6) is 0 Å². The zero-order valence-electron chi connectivity index (χ0n) is 14.1. The normalized spacial score (nSPS) is 10.8. The van der Waals surface area contributed by atoms with Gasteiger partial charge in [0.05, 0.1) is 16.4 Å². The lowest BCUT2D eigenvalue weighted by atomic mass is 10.1. The molecule has 0 aliphatic carbocycles. The second kappa shape index (κ2) is 7.71. The molecule has 4 rings (SSSR count). The number of carbonyl (C=O) groups is 1. The predicted molar refractivity (Wildman–Crippen MR) is 101 cm³/mol. The summed E-state index contributed by atoms with van der Waals surface area (Å²) in [6.45, 7) is -0.133. The van der Waals surface area contributed by atoms with Crippen molar-refractivity contribution >= 4 is 34.8 Å². The fraction of sp³-hybridized carbons (Fsp3) is 0.0625. The Balaban J connectivity index is 1.55. The molecule has 2 aromatic heterocycles. The van der Waals surface area contributed by atoms with Gasteiger partial charge in [-0.2, -0.15) is 9.48 Å². The van der Waals surface area contributed by atoms with E-state index in [4.69, 9.17) is 23.2 Å². The van der Waals surface area contributed by atoms with Crippen molar-refractivity contribution in [3.63, 3.8) is 0 Å². The Kier molecular flexibility index (Phi) is 4.96. The molecule has 0 atom stereocenters. The van der Waals surface area contributed by atoms with Crippen LogP contribution in [0, 0.1) is 0 Å². The van der Waals surface area contributed by atoms with Crippen molar-refractivity contribution in [3.05, 3.63) is 58.8 Å². The van der Waals surface area contributed by atoms with Gasteiger partial charge in [0.15, 0.2) is 0 Å². The maximum atomic E-state index is 12.2. The van der Waals surface area contributed by atoms with Gasteiger partial charge in [0, 0.05) is 10.6 Å². The van der Waals surface area contributed by atoms with Crippen LogP contribution in [0.4, 0.5) is 5.69 Å². The molecule has 0 saturated carbocycles. The third-order valence-electron chi connectivity index (χ3n) is 3.68. The number of hydrogen-bond donors (Lipinski definition) is 1. The molecule has 0 unspecified atom stereocenters. The highest BCUT2D eigenvalue weighted by molar-refractivity contribution is 6.33. The van der Waals surface area contributed by atoms with Gasteiger partial charge in [0.2, 0.25) is 11.7 Å². The summed E-state index contributed by atoms with van der Waals surface area (Å²) < 4.78 is 1.44. The van der Waals surface area contributed by atoms with E-state index in [2.05, 4.69) is 36.3 Å². The van der Waals surface area contributed by atoms with Gasteiger partial charge in [0.25, 0.3) is 0 Å². The van der Waals surface area contributed by atoms with E-state index in [9.17, 15) is 4.79 Å². The number of nitrogens with one attached hydrogen (secondary N) is 1. The molecule has 0 fully saturated rings. The molecule has 0 bridgehead atoms. The molecule has 28 heavy (non-hydrogen) atoms. The van der Waals surface area contributed by atoms with Crippen molar-refractivity contribution in [2.75, 3.05) is 5.32 Å². The largest absolute Gasteiger partial charge is 0.323 e. The summed E-state index contributed by atoms with van der Waals surface area (Å²) in [6, 6.07) is 12.0. The van der Waals surface area contributed by atoms with Gasteiger partial charge in [-0.3, -0.25) is 4.79 Å². The monoisotopic (exact) mass is 415 g/mol. The molecule has 140 valence electrons. The molecule has 10 nitrogen and oxygen atoms in total. The molecule has 0 aliphatic rings. The zero-order valence-corrected chi connectivity index (χ0v) is 15.6. The zero-order chi connectivity index (χ0) is 19.5. The lowest BCUT2D eigenvalue weighted by Gasteiger charge is -2.06. The number of amides is 1. The van der Waals surface area contributed by atoms with E-state index in [1.165, 1.54) is 15.8 Å². The maximum absolute atomic E-state index is 12.2. The van der Waals surface area contributed by atoms with E-state index < -0.39 is 0 Å². The van der Waals surface area contributed by atoms with E-state index in [1.807, 2.05) is 0 Å². The van der Waals surface area contributed by atoms with Crippen molar-refractivity contribution < 1.29 is 4.79 Å². The third-order valence-corrected chi connectivity index (χ3v) is 4.25. The summed E-state index contributed by atoms with van der Waals surface area (Å²) in [4.78, 5) is 13.4. The van der Waals surface area contributed by atoms with E-state index >= 15 is 0 Å². The molecular weight excluding hydrogens is 405 g/mol. The van der Waals surface area contributed by atoms with Crippen molar-refractivity contribution in [1.29, 1.82) is 0 Å². The van der Waals surface area contributed by atoms with Gasteiger partial charge in [-0.15, -0.1) is 15.3 Å². The number of nitrogens with zero attached hydrogens (tertiary/aromatic N) is 8. The first-order valence-electron chi connectivity index (χ1n) is 7.95. The summed E-state index contributed by atoms with van der Waals surface area (Å²) in [5, 5.41) is 26.9. The van der Waals surface area contributed by atoms with Crippen molar-refractivity contribution in [2.24, 2.45) is 0 Å². The van der Waals surface area contributed by atoms with Crippen LogP contribution in [0.3, 0.4) is 0 Å². The van der Waals surface area contributed by atoms with Crippen LogP contribution < -0.4 is 5.32 Å². The molecule has 1 N–H and O–H groups in total. The number of hydrogen-bond acceptors (Lipinski definition) is 7. The molecule has 2 aromatic carbocycles. The Labute approximate surface area is 168 Å². The summed E-state index contributed by atoms with van der Waals surface area (Å²) in [5.41, 5.74) is 1.69. The standard InChI is InChI=1S/C16H11Cl2N9O/c17-10-5-6-11(14(7-10)26-9-19-23-25-26)16-21-24-27(22-16)8-15(28)20-13-4-2-1-3-12(13)18/h1-7,9H,8H2,(H,20,28). The summed E-state index contributed by atoms with van der Waals surface area (Å²) in [5.74, 6) is -0.0402. The lowest BCUT2D eigenvalue weighted by Crippen LogP contribution is -2.20. The Morgan fingerprint density at radius 1 is 1.11 bits per heavy atom. The molecule has 2 heterocycles. The molecule has 0 radical (unpaired) electrons. The Morgan fingerprint density at radius 3 is 2.75 bits per heavy atom. The van der Waals surface area contributed by atoms with Crippen LogP contribution in [-0.4, -0.2) is 46.3 Å². The van der Waals surface area contributed by atoms with Gasteiger partial charge >= 0.3 is 0 Å². The van der Waals surface area contributed by atoms with E-state index in [0.29, 0.717) is 32.8 Å².